The van der Waals surface area contributed by atoms with Crippen LogP contribution in [-0.4, -0.2) is 61.5 Å². The molecule has 124 valence electrons. The van der Waals surface area contributed by atoms with Gasteiger partial charge in [0.15, 0.2) is 0 Å². The van der Waals surface area contributed by atoms with Gasteiger partial charge in [-0.3, -0.25) is 9.59 Å². The van der Waals surface area contributed by atoms with Gasteiger partial charge >= 0.3 is 0 Å². The number of rotatable bonds is 4. The highest BCUT2D eigenvalue weighted by molar-refractivity contribution is 5.85. The second-order valence-electron chi connectivity index (χ2n) is 7.31. The lowest BCUT2D eigenvalue weighted by Gasteiger charge is -2.26. The van der Waals surface area contributed by atoms with Crippen LogP contribution < -0.4 is 0 Å². The van der Waals surface area contributed by atoms with Crippen molar-refractivity contribution in [2.75, 3.05) is 39.9 Å². The van der Waals surface area contributed by atoms with E-state index in [1.54, 1.807) is 7.11 Å². The van der Waals surface area contributed by atoms with Crippen LogP contribution in [0.25, 0.3) is 0 Å². The summed E-state index contributed by atoms with van der Waals surface area (Å²) in [5.41, 5.74) is -0.210. The maximum absolute atomic E-state index is 12.8. The van der Waals surface area contributed by atoms with Crippen molar-refractivity contribution in [1.82, 2.24) is 9.80 Å². The summed E-state index contributed by atoms with van der Waals surface area (Å²) in [5, 5.41) is 0. The van der Waals surface area contributed by atoms with Crippen molar-refractivity contribution in [1.29, 1.82) is 0 Å². The maximum Gasteiger partial charge on any atom is 0.229 e. The molecule has 1 spiro atoms. The molecule has 2 heterocycles. The average molecular weight is 308 g/mol. The largest absolute Gasteiger partial charge is 0.383 e. The second-order valence-corrected chi connectivity index (χ2v) is 7.31. The number of carbonyl (C=O) groups excluding carboxylic acids is 2. The first-order valence-electron chi connectivity index (χ1n) is 8.64. The van der Waals surface area contributed by atoms with Crippen LogP contribution in [0, 0.1) is 17.3 Å². The van der Waals surface area contributed by atoms with Gasteiger partial charge in [-0.15, -0.1) is 0 Å². The molecule has 22 heavy (non-hydrogen) atoms. The number of hydrogen-bond acceptors (Lipinski definition) is 3. The predicted molar refractivity (Wildman–Crippen MR) is 83.2 cm³/mol. The molecule has 1 aliphatic carbocycles. The van der Waals surface area contributed by atoms with Crippen LogP contribution in [0.2, 0.25) is 0 Å². The highest BCUT2D eigenvalue weighted by atomic mass is 16.5. The maximum atomic E-state index is 12.8. The molecule has 0 bridgehead atoms. The summed E-state index contributed by atoms with van der Waals surface area (Å²) in [7, 11) is 1.67. The van der Waals surface area contributed by atoms with Gasteiger partial charge in [0.05, 0.1) is 12.0 Å². The zero-order valence-electron chi connectivity index (χ0n) is 13.8. The van der Waals surface area contributed by atoms with Crippen LogP contribution in [0.1, 0.15) is 39.0 Å². The van der Waals surface area contributed by atoms with Crippen molar-refractivity contribution < 1.29 is 14.3 Å². The number of methoxy groups -OCH3 is 1. The van der Waals surface area contributed by atoms with Gasteiger partial charge in [0.1, 0.15) is 0 Å². The minimum atomic E-state index is -0.210. The van der Waals surface area contributed by atoms with Gasteiger partial charge < -0.3 is 14.5 Å². The van der Waals surface area contributed by atoms with E-state index < -0.39 is 0 Å². The Labute approximate surface area is 133 Å². The van der Waals surface area contributed by atoms with E-state index in [1.165, 1.54) is 0 Å². The Morgan fingerprint density at radius 2 is 2.00 bits per heavy atom. The monoisotopic (exact) mass is 308 g/mol. The molecule has 3 fully saturated rings. The number of nitrogens with zero attached hydrogens (tertiary/aromatic N) is 2. The summed E-state index contributed by atoms with van der Waals surface area (Å²) >= 11 is 0. The minimum absolute atomic E-state index is 0.210. The molecule has 0 unspecified atom stereocenters. The van der Waals surface area contributed by atoms with Gasteiger partial charge in [-0.25, -0.2) is 0 Å². The van der Waals surface area contributed by atoms with Crippen LogP contribution in [0.15, 0.2) is 0 Å². The second kappa shape index (κ2) is 6.19. The Balaban J connectivity index is 1.60. The van der Waals surface area contributed by atoms with E-state index in [4.69, 9.17) is 4.74 Å². The fourth-order valence-corrected chi connectivity index (χ4v) is 4.09. The normalized spacial score (nSPS) is 35.1. The van der Waals surface area contributed by atoms with E-state index >= 15 is 0 Å². The topological polar surface area (TPSA) is 49.9 Å². The molecule has 3 rings (SSSR count). The van der Waals surface area contributed by atoms with Crippen molar-refractivity contribution in [3.63, 3.8) is 0 Å². The fraction of sp³-hybridized carbons (Fsp3) is 0.882. The molecule has 2 aliphatic heterocycles. The zero-order chi connectivity index (χ0) is 15.7. The quantitative estimate of drug-likeness (QED) is 0.791. The lowest BCUT2D eigenvalue weighted by molar-refractivity contribution is -0.138. The van der Waals surface area contributed by atoms with E-state index in [1.807, 2.05) is 9.80 Å². The van der Waals surface area contributed by atoms with Crippen LogP contribution in [0.4, 0.5) is 0 Å². The molecule has 5 heteroatoms. The molecule has 0 N–H and O–H groups in total. The van der Waals surface area contributed by atoms with Gasteiger partial charge in [-0.2, -0.15) is 0 Å². The van der Waals surface area contributed by atoms with Crippen LogP contribution in [-0.2, 0) is 14.3 Å². The SMILES string of the molecule is COCCN1CC[C@]2(CCCN(C(=O)[C@H]3C[C@H]3C)CC2)C1=O. The zero-order valence-corrected chi connectivity index (χ0v) is 13.8. The van der Waals surface area contributed by atoms with Crippen molar-refractivity contribution in [2.24, 2.45) is 17.3 Å². The molecular formula is C17H28N2O3. The van der Waals surface area contributed by atoms with Gasteiger partial charge in [0.2, 0.25) is 11.8 Å². The minimum Gasteiger partial charge on any atom is -0.383 e. The predicted octanol–water partition coefficient (Wildman–Crippen LogP) is 1.52. The van der Waals surface area contributed by atoms with Gasteiger partial charge in [0, 0.05) is 39.2 Å². The summed E-state index contributed by atoms with van der Waals surface area (Å²) in [6.07, 6.45) is 4.71. The number of likely N-dealkylation sites (tertiary alicyclic amines) is 2. The molecule has 2 saturated heterocycles. The Hall–Kier alpha value is -1.10. The van der Waals surface area contributed by atoms with Gasteiger partial charge in [-0.1, -0.05) is 6.92 Å². The third-order valence-corrected chi connectivity index (χ3v) is 5.85. The molecular weight excluding hydrogens is 280 g/mol. The first-order chi connectivity index (χ1) is 10.6. The van der Waals surface area contributed by atoms with Crippen molar-refractivity contribution in [2.45, 2.75) is 39.0 Å². The summed E-state index contributed by atoms with van der Waals surface area (Å²) in [6.45, 7) is 5.87. The first kappa shape index (κ1) is 15.8. The highest BCUT2D eigenvalue weighted by Crippen LogP contribution is 2.43. The number of hydrogen-bond donors (Lipinski definition) is 0. The van der Waals surface area contributed by atoms with Crippen LogP contribution >= 0.6 is 0 Å². The van der Waals surface area contributed by atoms with Crippen molar-refractivity contribution in [3.05, 3.63) is 0 Å². The Kier molecular flexibility index (Phi) is 4.44. The molecule has 0 aromatic rings. The lowest BCUT2D eigenvalue weighted by Crippen LogP contribution is -2.38. The Morgan fingerprint density at radius 3 is 2.68 bits per heavy atom. The van der Waals surface area contributed by atoms with E-state index in [0.717, 1.165) is 51.7 Å². The summed E-state index contributed by atoms with van der Waals surface area (Å²) in [4.78, 5) is 29.2. The molecule has 3 aliphatic rings. The van der Waals surface area contributed by atoms with Crippen molar-refractivity contribution in [3.8, 4) is 0 Å². The third kappa shape index (κ3) is 2.87. The molecule has 3 atom stereocenters. The van der Waals surface area contributed by atoms with Crippen LogP contribution in [0.3, 0.4) is 0 Å². The number of ether oxygens (including phenoxy) is 1. The van der Waals surface area contributed by atoms with Crippen LogP contribution in [0.5, 0.6) is 0 Å². The fourth-order valence-electron chi connectivity index (χ4n) is 4.09. The summed E-state index contributed by atoms with van der Waals surface area (Å²) in [6, 6.07) is 0. The van der Waals surface area contributed by atoms with E-state index in [-0.39, 0.29) is 11.3 Å². The van der Waals surface area contributed by atoms with Gasteiger partial charge in [0.25, 0.3) is 0 Å². The van der Waals surface area contributed by atoms with Gasteiger partial charge in [-0.05, 0) is 38.0 Å². The molecule has 0 aromatic carbocycles. The van der Waals surface area contributed by atoms with E-state index in [2.05, 4.69) is 6.92 Å². The van der Waals surface area contributed by atoms with E-state index in [0.29, 0.717) is 30.9 Å². The molecule has 1 saturated carbocycles. The van der Waals surface area contributed by atoms with Crippen molar-refractivity contribution >= 4 is 11.8 Å². The summed E-state index contributed by atoms with van der Waals surface area (Å²) < 4.78 is 5.10. The number of amides is 2. The lowest BCUT2D eigenvalue weighted by atomic mass is 9.79. The highest BCUT2D eigenvalue weighted by Gasteiger charge is 2.48. The Bertz CT molecular complexity index is 453. The molecule has 0 radical (unpaired) electrons. The third-order valence-electron chi connectivity index (χ3n) is 5.85. The van der Waals surface area contributed by atoms with E-state index in [9.17, 15) is 9.59 Å². The Morgan fingerprint density at radius 1 is 1.27 bits per heavy atom. The molecule has 2 amide bonds. The smallest absolute Gasteiger partial charge is 0.229 e. The summed E-state index contributed by atoms with van der Waals surface area (Å²) in [5.74, 6) is 1.43. The average Bonchev–Trinajstić information content (AvgIpc) is 3.21. The first-order valence-corrected chi connectivity index (χ1v) is 8.64. The number of carbonyl (C=O) groups is 2. The molecule has 0 aromatic heterocycles. The molecule has 5 nitrogen and oxygen atoms in total. The standard InChI is InChI=1S/C17H28N2O3/c1-13-12-14(13)15(20)18-7-3-4-17(5-8-18)6-9-19(16(17)21)10-11-22-2/h13-14H,3-12H2,1-2H3/t13-,14+,17-/m1/s1.